The number of para-hydroxylation sites is 1. The highest BCUT2D eigenvalue weighted by Gasteiger charge is 2.23. The minimum absolute atomic E-state index is 0.0260. The Balaban J connectivity index is 2.02. The first-order chi connectivity index (χ1) is 16.4. The molecule has 3 aromatic rings. The molecule has 0 atom stereocenters. The van der Waals surface area contributed by atoms with E-state index in [1.165, 1.54) is 26.4 Å². The summed E-state index contributed by atoms with van der Waals surface area (Å²) < 4.78 is 25.9. The predicted octanol–water partition coefficient (Wildman–Crippen LogP) is 4.42. The molecule has 180 valence electrons. The van der Waals surface area contributed by atoms with Crippen molar-refractivity contribution >= 4 is 34.4 Å². The van der Waals surface area contributed by atoms with Gasteiger partial charge in [-0.15, -0.1) is 0 Å². The van der Waals surface area contributed by atoms with Crippen LogP contribution in [0.2, 0.25) is 0 Å². The van der Waals surface area contributed by atoms with Gasteiger partial charge >= 0.3 is 11.8 Å². The lowest BCUT2D eigenvalue weighted by atomic mass is 10.1. The third-order valence-corrected chi connectivity index (χ3v) is 4.77. The predicted molar refractivity (Wildman–Crippen MR) is 126 cm³/mol. The van der Waals surface area contributed by atoms with Crippen molar-refractivity contribution in [3.05, 3.63) is 52.4 Å². The van der Waals surface area contributed by atoms with E-state index in [0.717, 1.165) is 6.42 Å². The second kappa shape index (κ2) is 11.1. The van der Waals surface area contributed by atoms with Crippen molar-refractivity contribution in [2.75, 3.05) is 38.0 Å². The molecule has 0 bridgehead atoms. The van der Waals surface area contributed by atoms with Gasteiger partial charge in [-0.2, -0.15) is 0 Å². The molecule has 1 aromatic heterocycles. The van der Waals surface area contributed by atoms with E-state index in [0.29, 0.717) is 23.2 Å². The Labute approximate surface area is 195 Å². The zero-order valence-corrected chi connectivity index (χ0v) is 19.4. The summed E-state index contributed by atoms with van der Waals surface area (Å²) in [6.45, 7) is 4.32. The number of benzene rings is 2. The summed E-state index contributed by atoms with van der Waals surface area (Å²) in [6, 6.07) is 9.74. The van der Waals surface area contributed by atoms with Gasteiger partial charge in [0.05, 0.1) is 26.5 Å². The minimum atomic E-state index is -0.947. The number of amides is 1. The molecule has 34 heavy (non-hydrogen) atoms. The molecule has 0 unspecified atom stereocenters. The van der Waals surface area contributed by atoms with Crippen molar-refractivity contribution in [1.29, 1.82) is 0 Å². The zero-order valence-electron chi connectivity index (χ0n) is 19.4. The van der Waals surface area contributed by atoms with Crippen LogP contribution in [0.25, 0.3) is 11.0 Å². The molecule has 0 aliphatic heterocycles. The molecule has 10 nitrogen and oxygen atoms in total. The van der Waals surface area contributed by atoms with Crippen molar-refractivity contribution in [3.8, 4) is 17.2 Å². The molecule has 0 saturated heterocycles. The molecule has 2 aromatic carbocycles. The Bertz CT molecular complexity index is 1230. The average molecular weight is 470 g/mol. The number of methoxy groups -OCH3 is 2. The van der Waals surface area contributed by atoms with E-state index < -0.39 is 17.7 Å². The van der Waals surface area contributed by atoms with Gasteiger partial charge in [-0.05, 0) is 37.6 Å². The van der Waals surface area contributed by atoms with E-state index in [9.17, 15) is 14.4 Å². The monoisotopic (exact) mass is 470 g/mol. The molecule has 3 rings (SSSR count). The Hall–Kier alpha value is -4.21. The Morgan fingerprint density at radius 2 is 1.68 bits per heavy atom. The Morgan fingerprint density at radius 3 is 2.29 bits per heavy atom. The molecular formula is C24H26N2O8. The van der Waals surface area contributed by atoms with Crippen molar-refractivity contribution < 1.29 is 33.0 Å². The number of anilines is 2. The summed E-state index contributed by atoms with van der Waals surface area (Å²) in [7, 11) is 2.69. The van der Waals surface area contributed by atoms with Crippen molar-refractivity contribution in [2.45, 2.75) is 20.3 Å². The van der Waals surface area contributed by atoms with E-state index in [-0.39, 0.29) is 35.1 Å². The van der Waals surface area contributed by atoms with Gasteiger partial charge in [0.2, 0.25) is 5.75 Å². The largest absolute Gasteiger partial charge is 0.514 e. The average Bonchev–Trinajstić information content (AvgIpc) is 2.83. The topological polar surface area (TPSA) is 125 Å². The fourth-order valence-corrected chi connectivity index (χ4v) is 3.22. The van der Waals surface area contributed by atoms with Gasteiger partial charge in [0, 0.05) is 17.5 Å². The van der Waals surface area contributed by atoms with Crippen LogP contribution < -0.4 is 30.5 Å². The molecule has 1 amide bonds. The highest BCUT2D eigenvalue weighted by atomic mass is 16.7. The Kier molecular flexibility index (Phi) is 7.96. The highest BCUT2D eigenvalue weighted by Crippen LogP contribution is 2.39. The first-order valence-electron chi connectivity index (χ1n) is 10.6. The van der Waals surface area contributed by atoms with Gasteiger partial charge in [-0.1, -0.05) is 19.1 Å². The molecule has 2 N–H and O–H groups in total. The number of carbonyl (C=O) groups excluding carboxylic acids is 2. The molecule has 0 aliphatic carbocycles. The summed E-state index contributed by atoms with van der Waals surface area (Å²) in [5.41, 5.74) is 0.226. The van der Waals surface area contributed by atoms with Crippen LogP contribution in [0.3, 0.4) is 0 Å². The fraction of sp³-hybridized carbons (Fsp3) is 0.292. The quantitative estimate of drug-likeness (QED) is 0.265. The zero-order chi connectivity index (χ0) is 24.7. The van der Waals surface area contributed by atoms with Gasteiger partial charge in [-0.3, -0.25) is 4.79 Å². The highest BCUT2D eigenvalue weighted by molar-refractivity contribution is 6.09. The van der Waals surface area contributed by atoms with E-state index in [1.54, 1.807) is 25.1 Å². The van der Waals surface area contributed by atoms with Crippen LogP contribution in [0.4, 0.5) is 16.2 Å². The summed E-state index contributed by atoms with van der Waals surface area (Å²) in [6.07, 6.45) is -0.144. The van der Waals surface area contributed by atoms with E-state index in [1.807, 2.05) is 13.0 Å². The van der Waals surface area contributed by atoms with E-state index in [2.05, 4.69) is 10.6 Å². The Morgan fingerprint density at radius 1 is 1.00 bits per heavy atom. The third kappa shape index (κ3) is 5.22. The van der Waals surface area contributed by atoms with Gasteiger partial charge in [0.15, 0.2) is 17.2 Å². The first kappa shape index (κ1) is 24.4. The van der Waals surface area contributed by atoms with Crippen LogP contribution in [0.1, 0.15) is 30.6 Å². The number of hydrogen-bond acceptors (Lipinski definition) is 9. The standard InChI is InChI=1S/C24H26N2O8/c1-5-11-25-19-15-9-7-8-10-16(15)33-23(28)20(19)26-22(27)14-12-17(30-3)21(18(13-14)31-4)34-24(29)32-6-2/h7-10,12-13,25H,5-6,11H2,1-4H3,(H,26,27). The summed E-state index contributed by atoms with van der Waals surface area (Å²) in [5, 5.41) is 6.48. The summed E-state index contributed by atoms with van der Waals surface area (Å²) >= 11 is 0. The summed E-state index contributed by atoms with van der Waals surface area (Å²) in [4.78, 5) is 37.7. The molecule has 10 heteroatoms. The minimum Gasteiger partial charge on any atom is -0.493 e. The molecule has 0 aliphatic rings. The van der Waals surface area contributed by atoms with Crippen LogP contribution in [0.5, 0.6) is 17.2 Å². The second-order valence-corrected chi connectivity index (χ2v) is 7.01. The smallest absolute Gasteiger partial charge is 0.493 e. The van der Waals surface area contributed by atoms with Crippen LogP contribution >= 0.6 is 0 Å². The summed E-state index contributed by atoms with van der Waals surface area (Å²) in [5.74, 6) is -0.545. The second-order valence-electron chi connectivity index (χ2n) is 7.01. The molecule has 0 spiro atoms. The number of carbonyl (C=O) groups is 2. The number of hydrogen-bond donors (Lipinski definition) is 2. The molecule has 0 radical (unpaired) electrons. The lowest BCUT2D eigenvalue weighted by Gasteiger charge is -2.16. The van der Waals surface area contributed by atoms with Gasteiger partial charge in [0.25, 0.3) is 5.91 Å². The SMILES string of the molecule is CCCNc1c(NC(=O)c2cc(OC)c(OC(=O)OCC)c(OC)c2)c(=O)oc2ccccc12. The van der Waals surface area contributed by atoms with Crippen molar-refractivity contribution in [2.24, 2.45) is 0 Å². The maximum Gasteiger partial charge on any atom is 0.514 e. The normalized spacial score (nSPS) is 10.5. The number of nitrogens with one attached hydrogen (secondary N) is 2. The molecular weight excluding hydrogens is 444 g/mol. The van der Waals surface area contributed by atoms with Crippen LogP contribution in [-0.4, -0.2) is 39.4 Å². The van der Waals surface area contributed by atoms with Crippen LogP contribution in [-0.2, 0) is 4.74 Å². The van der Waals surface area contributed by atoms with E-state index in [4.69, 9.17) is 23.4 Å². The third-order valence-electron chi connectivity index (χ3n) is 4.77. The van der Waals surface area contributed by atoms with Gasteiger partial charge in [0.1, 0.15) is 5.58 Å². The van der Waals surface area contributed by atoms with Crippen molar-refractivity contribution in [1.82, 2.24) is 0 Å². The first-order valence-corrected chi connectivity index (χ1v) is 10.6. The molecule has 0 fully saturated rings. The fourth-order valence-electron chi connectivity index (χ4n) is 3.22. The number of ether oxygens (including phenoxy) is 4. The van der Waals surface area contributed by atoms with E-state index >= 15 is 0 Å². The lowest BCUT2D eigenvalue weighted by Crippen LogP contribution is -2.21. The molecule has 0 saturated carbocycles. The van der Waals surface area contributed by atoms with Crippen molar-refractivity contribution in [3.63, 3.8) is 0 Å². The lowest BCUT2D eigenvalue weighted by molar-refractivity contribution is 0.102. The number of rotatable bonds is 9. The maximum absolute atomic E-state index is 13.1. The molecule has 1 heterocycles. The van der Waals surface area contributed by atoms with Crippen LogP contribution in [0.15, 0.2) is 45.6 Å². The van der Waals surface area contributed by atoms with Gasteiger partial charge < -0.3 is 34.0 Å². The van der Waals surface area contributed by atoms with Crippen LogP contribution in [0, 0.1) is 0 Å². The van der Waals surface area contributed by atoms with Gasteiger partial charge in [-0.25, -0.2) is 9.59 Å². The number of fused-ring (bicyclic) bond motifs is 1. The maximum atomic E-state index is 13.1.